The number of amides is 2. The van der Waals surface area contributed by atoms with Gasteiger partial charge in [-0.15, -0.1) is 29.0 Å². The average molecular weight is 1000 g/mol. The number of terminal acetylenes is 1. The molecule has 2 fully saturated rings. The van der Waals surface area contributed by atoms with Crippen LogP contribution in [-0.4, -0.2) is 178 Å². The van der Waals surface area contributed by atoms with Crippen LogP contribution in [0, 0.1) is 24.2 Å². The topological polar surface area (TPSA) is 291 Å². The molecule has 0 radical (unpaired) electrons. The zero-order chi connectivity index (χ0) is 49.5. The molecule has 9 N–H and O–H groups in total. The molecule has 2 aliphatic heterocycles. The van der Waals surface area contributed by atoms with Crippen LogP contribution < -0.4 is 38.1 Å². The molecular weight excluding hydrogens is 920 g/mol. The summed E-state index contributed by atoms with van der Waals surface area (Å²) < 4.78 is 19.9. The summed E-state index contributed by atoms with van der Waals surface area (Å²) in [4.78, 5) is 51.1. The minimum atomic E-state index is -0.523. The Morgan fingerprint density at radius 2 is 1.09 bits per heavy atom. The third-order valence-electron chi connectivity index (χ3n) is 12.2. The number of carbonyl (C=O) groups is 2. The summed E-state index contributed by atoms with van der Waals surface area (Å²) in [5, 5.41) is 20.8. The Hall–Kier alpha value is -4.80. The number of nitrogens with zero attached hydrogens (tertiary/aromatic N) is 13. The number of aromatic nitrogens is 9. The number of hydrogen-bond donors (Lipinski definition) is 5. The Morgan fingerprint density at radius 1 is 0.657 bits per heavy atom. The first-order valence-electron chi connectivity index (χ1n) is 24.9. The smallest absolute Gasteiger partial charge is 0.247 e. The molecule has 0 aromatic carbocycles. The van der Waals surface area contributed by atoms with E-state index < -0.39 is 12.1 Å². The Kier molecular flexibility index (Phi) is 25.4. The minimum absolute atomic E-state index is 0. The third-order valence-corrected chi connectivity index (χ3v) is 12.2. The molecule has 5 rings (SSSR count). The van der Waals surface area contributed by atoms with E-state index in [9.17, 15) is 9.59 Å². The lowest BCUT2D eigenvalue weighted by Gasteiger charge is -2.38. The molecule has 5 heterocycles. The Morgan fingerprint density at radius 3 is 1.50 bits per heavy atom. The fraction of sp³-hybridized carbons (Fsp3) is 0.761. The van der Waals surface area contributed by atoms with E-state index in [0.29, 0.717) is 159 Å². The van der Waals surface area contributed by atoms with Crippen molar-refractivity contribution in [3.05, 3.63) is 23.8 Å². The Labute approximate surface area is 420 Å². The standard InChI is InChI=1S/C46H80N18O5.ClH/c1-6-24-67-26-28-69-29-27-68-25-15-51-44-52-45(61-20-16-59(17-21-61)42(65)40(11-7-9-13-47)63-32-38(55-57-63)36(49)30-34(2)3)54-46(53-44)62-22-18-60(19-23-62)43(66)41(12-8-10-14-48)64-33-39(56-58-64)37(50)31-35(4)5;/h1,32-37,40-41H,7-31,47-50H2,2-5H3,(H,51,52,53,54);1H/t36-,37-,40-,41-;/m0./s1. The monoisotopic (exact) mass is 1000 g/mol. The summed E-state index contributed by atoms with van der Waals surface area (Å²) >= 11 is 0. The lowest BCUT2D eigenvalue weighted by Crippen LogP contribution is -2.52. The molecule has 2 amide bonds. The minimum Gasteiger partial charge on any atom is -0.377 e. The van der Waals surface area contributed by atoms with Crippen LogP contribution in [0.1, 0.15) is 115 Å². The van der Waals surface area contributed by atoms with Crippen molar-refractivity contribution in [2.45, 2.75) is 103 Å². The third kappa shape index (κ3) is 18.1. The number of carbonyl (C=O) groups excluding carboxylic acids is 2. The normalized spacial score (nSPS) is 16.0. The van der Waals surface area contributed by atoms with Crippen LogP contribution in [0.25, 0.3) is 0 Å². The fourth-order valence-electron chi connectivity index (χ4n) is 8.38. The summed E-state index contributed by atoms with van der Waals surface area (Å²) in [6.07, 6.45) is 14.7. The van der Waals surface area contributed by atoms with Crippen molar-refractivity contribution in [2.75, 3.05) is 127 Å². The van der Waals surface area contributed by atoms with Gasteiger partial charge in [0.1, 0.15) is 18.7 Å². The van der Waals surface area contributed by atoms with Crippen molar-refractivity contribution in [3.8, 4) is 12.3 Å². The molecule has 3 aromatic rings. The molecule has 0 unspecified atom stereocenters. The Bertz CT molecular complexity index is 1880. The highest BCUT2D eigenvalue weighted by Gasteiger charge is 2.33. The van der Waals surface area contributed by atoms with Gasteiger partial charge in [0.25, 0.3) is 0 Å². The molecule has 3 aromatic heterocycles. The molecule has 392 valence electrons. The van der Waals surface area contributed by atoms with E-state index in [1.165, 1.54) is 0 Å². The summed E-state index contributed by atoms with van der Waals surface area (Å²) in [5.74, 6) is 4.57. The maximum atomic E-state index is 14.2. The Balaban J connectivity index is 0.0000107. The van der Waals surface area contributed by atoms with Crippen molar-refractivity contribution >= 4 is 42.1 Å². The first-order valence-corrected chi connectivity index (χ1v) is 24.9. The van der Waals surface area contributed by atoms with Crippen LogP contribution in [0.5, 0.6) is 0 Å². The van der Waals surface area contributed by atoms with E-state index in [4.69, 9.17) is 58.5 Å². The number of rotatable bonds is 31. The lowest BCUT2D eigenvalue weighted by molar-refractivity contribution is -0.136. The zero-order valence-electron chi connectivity index (χ0n) is 41.9. The van der Waals surface area contributed by atoms with Crippen molar-refractivity contribution in [3.63, 3.8) is 0 Å². The highest BCUT2D eigenvalue weighted by molar-refractivity contribution is 5.85. The van der Waals surface area contributed by atoms with Crippen molar-refractivity contribution in [1.29, 1.82) is 0 Å². The summed E-state index contributed by atoms with van der Waals surface area (Å²) in [6, 6.07) is -1.57. The fourth-order valence-corrected chi connectivity index (χ4v) is 8.38. The number of anilines is 3. The van der Waals surface area contributed by atoms with Gasteiger partial charge in [-0.25, -0.2) is 9.36 Å². The van der Waals surface area contributed by atoms with Crippen molar-refractivity contribution < 1.29 is 23.8 Å². The molecule has 23 nitrogen and oxygen atoms in total. The molecule has 70 heavy (non-hydrogen) atoms. The van der Waals surface area contributed by atoms with Gasteiger partial charge in [0.15, 0.2) is 0 Å². The number of ether oxygens (including phenoxy) is 3. The first-order chi connectivity index (χ1) is 33.4. The van der Waals surface area contributed by atoms with E-state index in [1.807, 2.05) is 22.2 Å². The van der Waals surface area contributed by atoms with Gasteiger partial charge in [0.05, 0.1) is 68.9 Å². The number of halogens is 1. The molecule has 0 spiro atoms. The molecule has 0 aliphatic carbocycles. The summed E-state index contributed by atoms with van der Waals surface area (Å²) in [5.41, 5.74) is 25.9. The van der Waals surface area contributed by atoms with E-state index >= 15 is 0 Å². The van der Waals surface area contributed by atoms with Gasteiger partial charge in [-0.1, -0.05) is 44.0 Å². The van der Waals surface area contributed by atoms with Gasteiger partial charge in [0, 0.05) is 58.9 Å². The number of unbranched alkanes of at least 4 members (excludes halogenated alkanes) is 2. The second-order valence-corrected chi connectivity index (χ2v) is 18.6. The quantitative estimate of drug-likeness (QED) is 0.0453. The summed E-state index contributed by atoms with van der Waals surface area (Å²) in [7, 11) is 0. The van der Waals surface area contributed by atoms with Gasteiger partial charge in [-0.3, -0.25) is 9.59 Å². The number of nitrogens with one attached hydrogen (secondary N) is 1. The molecule has 2 aliphatic rings. The van der Waals surface area contributed by atoms with Crippen LogP contribution >= 0.6 is 12.4 Å². The molecular formula is C46H81ClN18O5. The average Bonchev–Trinajstić information content (AvgIpc) is 4.05. The largest absolute Gasteiger partial charge is 0.377 e. The van der Waals surface area contributed by atoms with Crippen LogP contribution in [0.4, 0.5) is 17.8 Å². The second kappa shape index (κ2) is 30.8. The predicted molar refractivity (Wildman–Crippen MR) is 271 cm³/mol. The van der Waals surface area contributed by atoms with E-state index in [1.54, 1.807) is 9.36 Å². The molecule has 0 saturated carbocycles. The molecule has 24 heteroatoms. The summed E-state index contributed by atoms with van der Waals surface area (Å²) in [6.45, 7) is 16.2. The highest BCUT2D eigenvalue weighted by atomic mass is 35.5. The van der Waals surface area contributed by atoms with E-state index in [-0.39, 0.29) is 42.9 Å². The first kappa shape index (κ1) is 57.8. The van der Waals surface area contributed by atoms with Gasteiger partial charge in [0.2, 0.25) is 29.7 Å². The lowest BCUT2D eigenvalue weighted by atomic mass is 10.0. The highest BCUT2D eigenvalue weighted by Crippen LogP contribution is 2.26. The maximum absolute atomic E-state index is 14.2. The van der Waals surface area contributed by atoms with Crippen molar-refractivity contribution in [1.82, 2.24) is 54.7 Å². The number of piperazine rings is 2. The van der Waals surface area contributed by atoms with Crippen LogP contribution in [0.2, 0.25) is 0 Å². The van der Waals surface area contributed by atoms with Gasteiger partial charge in [-0.2, -0.15) is 15.0 Å². The molecule has 4 atom stereocenters. The van der Waals surface area contributed by atoms with E-state index in [2.05, 4.69) is 69.4 Å². The van der Waals surface area contributed by atoms with Crippen molar-refractivity contribution in [2.24, 2.45) is 34.8 Å². The number of hydrogen-bond acceptors (Lipinski definition) is 19. The van der Waals surface area contributed by atoms with Gasteiger partial charge >= 0.3 is 0 Å². The van der Waals surface area contributed by atoms with Crippen LogP contribution in [-0.2, 0) is 23.8 Å². The van der Waals surface area contributed by atoms with Crippen LogP contribution in [0.3, 0.4) is 0 Å². The maximum Gasteiger partial charge on any atom is 0.247 e. The zero-order valence-corrected chi connectivity index (χ0v) is 42.8. The van der Waals surface area contributed by atoms with Gasteiger partial charge in [-0.05, 0) is 76.3 Å². The van der Waals surface area contributed by atoms with Crippen LogP contribution in [0.15, 0.2) is 12.4 Å². The molecule has 2 saturated heterocycles. The van der Waals surface area contributed by atoms with E-state index in [0.717, 1.165) is 38.5 Å². The second-order valence-electron chi connectivity index (χ2n) is 18.6. The van der Waals surface area contributed by atoms with Gasteiger partial charge < -0.3 is 62.1 Å². The number of nitrogens with two attached hydrogens (primary N) is 4. The predicted octanol–water partition coefficient (Wildman–Crippen LogP) is 1.70. The SMILES string of the molecule is C#CCOCCOCCOCCNc1nc(N2CCN(C(=O)[C@H](CCCCN)n3cc([C@@H](N)CC(C)C)nn3)CC2)nc(N2CCN(C(=O)[C@H](CCCCN)n3cc([C@@H](N)CC(C)C)nn3)CC2)n1.Cl. The molecule has 0 bridgehead atoms.